The van der Waals surface area contributed by atoms with Crippen LogP contribution in [-0.4, -0.2) is 18.0 Å². The third-order valence-electron chi connectivity index (χ3n) is 3.74. The Labute approximate surface area is 122 Å². The number of hydrogen-bond donors (Lipinski definition) is 1. The molecule has 1 unspecified atom stereocenters. The minimum atomic E-state index is -0.686. The van der Waals surface area contributed by atoms with E-state index in [9.17, 15) is 5.11 Å². The van der Waals surface area contributed by atoms with E-state index >= 15 is 0 Å². The van der Waals surface area contributed by atoms with E-state index in [0.717, 1.165) is 35.5 Å². The molecular weight excluding hydrogens is 268 g/mol. The van der Waals surface area contributed by atoms with Crippen LogP contribution in [-0.2, 0) is 0 Å². The number of benzene rings is 2. The third kappa shape index (κ3) is 2.54. The van der Waals surface area contributed by atoms with E-state index in [1.54, 1.807) is 0 Å². The molecule has 0 amide bonds. The van der Waals surface area contributed by atoms with Gasteiger partial charge < -0.3 is 19.3 Å². The Kier molecular flexibility index (Phi) is 2.97. The molecule has 1 N–H and O–H groups in total. The standard InChI is InChI=1S/C17H16O4/c18-17(12-3-8-15-16(9-12)20-10-19-15)11-1-4-13(5-2-11)21-14-6-7-14/h1-5,8-9,14,17-18H,6-7,10H2. The highest BCUT2D eigenvalue weighted by molar-refractivity contribution is 5.46. The topological polar surface area (TPSA) is 47.9 Å². The Morgan fingerprint density at radius 3 is 2.43 bits per heavy atom. The lowest BCUT2D eigenvalue weighted by atomic mass is 10.0. The molecule has 2 aromatic rings. The molecule has 108 valence electrons. The smallest absolute Gasteiger partial charge is 0.231 e. The van der Waals surface area contributed by atoms with Gasteiger partial charge in [-0.2, -0.15) is 0 Å². The van der Waals surface area contributed by atoms with Crippen LogP contribution in [0.25, 0.3) is 0 Å². The highest BCUT2D eigenvalue weighted by Crippen LogP contribution is 2.36. The summed E-state index contributed by atoms with van der Waals surface area (Å²) < 4.78 is 16.3. The van der Waals surface area contributed by atoms with Crippen molar-refractivity contribution >= 4 is 0 Å². The summed E-state index contributed by atoms with van der Waals surface area (Å²) in [5.74, 6) is 2.26. The van der Waals surface area contributed by atoms with Crippen molar-refractivity contribution in [2.24, 2.45) is 0 Å². The second-order valence-corrected chi connectivity index (χ2v) is 5.40. The molecule has 0 radical (unpaired) electrons. The second kappa shape index (κ2) is 4.97. The normalized spacial score (nSPS) is 17.6. The Morgan fingerprint density at radius 2 is 1.67 bits per heavy atom. The molecule has 0 saturated heterocycles. The first-order chi connectivity index (χ1) is 10.3. The highest BCUT2D eigenvalue weighted by atomic mass is 16.7. The summed E-state index contributed by atoms with van der Waals surface area (Å²) in [5, 5.41) is 10.5. The maximum Gasteiger partial charge on any atom is 0.231 e. The van der Waals surface area contributed by atoms with Crippen molar-refractivity contribution < 1.29 is 19.3 Å². The first-order valence-corrected chi connectivity index (χ1v) is 7.14. The number of aliphatic hydroxyl groups is 1. The molecule has 1 atom stereocenters. The molecule has 1 aliphatic carbocycles. The largest absolute Gasteiger partial charge is 0.490 e. The zero-order valence-corrected chi connectivity index (χ0v) is 11.5. The molecule has 2 aromatic carbocycles. The molecule has 4 nitrogen and oxygen atoms in total. The van der Waals surface area contributed by atoms with Gasteiger partial charge in [-0.25, -0.2) is 0 Å². The molecule has 0 bridgehead atoms. The van der Waals surface area contributed by atoms with Crippen molar-refractivity contribution in [1.82, 2.24) is 0 Å². The Bertz CT molecular complexity index is 646. The van der Waals surface area contributed by atoms with Crippen LogP contribution in [0, 0.1) is 0 Å². The quantitative estimate of drug-likeness (QED) is 0.937. The van der Waals surface area contributed by atoms with Crippen LogP contribution in [0.5, 0.6) is 17.2 Å². The van der Waals surface area contributed by atoms with Crippen molar-refractivity contribution in [3.8, 4) is 17.2 Å². The maximum absolute atomic E-state index is 10.5. The summed E-state index contributed by atoms with van der Waals surface area (Å²) in [7, 11) is 0. The van der Waals surface area contributed by atoms with Crippen LogP contribution in [0.15, 0.2) is 42.5 Å². The lowest BCUT2D eigenvalue weighted by Gasteiger charge is -2.13. The number of rotatable bonds is 4. The fourth-order valence-electron chi connectivity index (χ4n) is 2.38. The van der Waals surface area contributed by atoms with Crippen LogP contribution < -0.4 is 14.2 Å². The number of ether oxygens (including phenoxy) is 3. The summed E-state index contributed by atoms with van der Waals surface area (Å²) in [4.78, 5) is 0. The van der Waals surface area contributed by atoms with Gasteiger partial charge in [-0.05, 0) is 48.2 Å². The summed E-state index contributed by atoms with van der Waals surface area (Å²) in [6, 6.07) is 13.1. The summed E-state index contributed by atoms with van der Waals surface area (Å²) in [5.41, 5.74) is 1.62. The van der Waals surface area contributed by atoms with Crippen LogP contribution in [0.2, 0.25) is 0 Å². The van der Waals surface area contributed by atoms with Gasteiger partial charge in [0.25, 0.3) is 0 Å². The van der Waals surface area contributed by atoms with Gasteiger partial charge in [0.05, 0.1) is 6.10 Å². The van der Waals surface area contributed by atoms with E-state index in [4.69, 9.17) is 14.2 Å². The van der Waals surface area contributed by atoms with Gasteiger partial charge in [-0.15, -0.1) is 0 Å². The molecular formula is C17H16O4. The van der Waals surface area contributed by atoms with Crippen LogP contribution in [0.3, 0.4) is 0 Å². The molecule has 0 aromatic heterocycles. The molecule has 1 saturated carbocycles. The molecule has 4 heteroatoms. The van der Waals surface area contributed by atoms with E-state index in [1.807, 2.05) is 42.5 Å². The zero-order chi connectivity index (χ0) is 14.2. The fourth-order valence-corrected chi connectivity index (χ4v) is 2.38. The number of aliphatic hydroxyl groups excluding tert-OH is 1. The summed E-state index contributed by atoms with van der Waals surface area (Å²) in [6.07, 6.45) is 1.98. The van der Waals surface area contributed by atoms with E-state index in [-0.39, 0.29) is 6.79 Å². The van der Waals surface area contributed by atoms with Crippen LogP contribution >= 0.6 is 0 Å². The SMILES string of the molecule is OC(c1ccc(OC2CC2)cc1)c1ccc2c(c1)OCO2. The lowest BCUT2D eigenvalue weighted by molar-refractivity contribution is 0.173. The minimum Gasteiger partial charge on any atom is -0.490 e. The number of fused-ring (bicyclic) bond motifs is 1. The number of hydrogen-bond acceptors (Lipinski definition) is 4. The van der Waals surface area contributed by atoms with Gasteiger partial charge in [0.15, 0.2) is 11.5 Å². The highest BCUT2D eigenvalue weighted by Gasteiger charge is 2.23. The predicted octanol–water partition coefficient (Wildman–Crippen LogP) is 3.04. The molecule has 2 aliphatic rings. The van der Waals surface area contributed by atoms with E-state index < -0.39 is 6.10 Å². The summed E-state index contributed by atoms with van der Waals surface area (Å²) in [6.45, 7) is 0.238. The lowest BCUT2D eigenvalue weighted by Crippen LogP contribution is -2.00. The fraction of sp³-hybridized carbons (Fsp3) is 0.294. The van der Waals surface area contributed by atoms with E-state index in [2.05, 4.69) is 0 Å². The molecule has 4 rings (SSSR count). The minimum absolute atomic E-state index is 0.238. The second-order valence-electron chi connectivity index (χ2n) is 5.40. The average Bonchev–Trinajstić information content (AvgIpc) is 3.21. The first kappa shape index (κ1) is 12.5. The van der Waals surface area contributed by atoms with Gasteiger partial charge in [-0.3, -0.25) is 0 Å². The Balaban J connectivity index is 1.54. The van der Waals surface area contributed by atoms with Gasteiger partial charge >= 0.3 is 0 Å². The molecule has 0 spiro atoms. The van der Waals surface area contributed by atoms with Crippen molar-refractivity contribution in [1.29, 1.82) is 0 Å². The van der Waals surface area contributed by atoms with Crippen LogP contribution in [0.4, 0.5) is 0 Å². The first-order valence-electron chi connectivity index (χ1n) is 7.14. The van der Waals surface area contributed by atoms with E-state index in [0.29, 0.717) is 11.9 Å². The monoisotopic (exact) mass is 284 g/mol. The Hall–Kier alpha value is -2.20. The molecule has 1 aliphatic heterocycles. The molecule has 1 fully saturated rings. The van der Waals surface area contributed by atoms with Crippen molar-refractivity contribution in [2.45, 2.75) is 25.0 Å². The maximum atomic E-state index is 10.5. The average molecular weight is 284 g/mol. The van der Waals surface area contributed by atoms with Crippen molar-refractivity contribution in [3.63, 3.8) is 0 Å². The predicted molar refractivity (Wildman–Crippen MR) is 76.7 cm³/mol. The zero-order valence-electron chi connectivity index (χ0n) is 11.5. The Morgan fingerprint density at radius 1 is 0.952 bits per heavy atom. The van der Waals surface area contributed by atoms with Gasteiger partial charge in [0.2, 0.25) is 6.79 Å². The molecule has 21 heavy (non-hydrogen) atoms. The van der Waals surface area contributed by atoms with Crippen molar-refractivity contribution in [3.05, 3.63) is 53.6 Å². The van der Waals surface area contributed by atoms with Crippen LogP contribution in [0.1, 0.15) is 30.1 Å². The van der Waals surface area contributed by atoms with Gasteiger partial charge in [0.1, 0.15) is 11.9 Å². The van der Waals surface area contributed by atoms with Gasteiger partial charge in [0, 0.05) is 0 Å². The molecule has 1 heterocycles. The third-order valence-corrected chi connectivity index (χ3v) is 3.74. The van der Waals surface area contributed by atoms with Gasteiger partial charge in [-0.1, -0.05) is 18.2 Å². The van der Waals surface area contributed by atoms with Crippen molar-refractivity contribution in [2.75, 3.05) is 6.79 Å². The van der Waals surface area contributed by atoms with E-state index in [1.165, 1.54) is 0 Å². The summed E-state index contributed by atoms with van der Waals surface area (Å²) >= 11 is 0.